The zero-order chi connectivity index (χ0) is 14.3. The van der Waals surface area contributed by atoms with Crippen LogP contribution in [0.15, 0.2) is 27.6 Å². The predicted molar refractivity (Wildman–Crippen MR) is 81.4 cm³/mol. The molecule has 1 aromatic rings. The van der Waals surface area contributed by atoms with Crippen molar-refractivity contribution < 1.29 is 8.42 Å². The molecule has 0 aliphatic rings. The molecular weight excluding hydrogens is 328 g/mol. The van der Waals surface area contributed by atoms with E-state index < -0.39 is 10.0 Å². The predicted octanol–water partition coefficient (Wildman–Crippen LogP) is 2.77. The zero-order valence-corrected chi connectivity index (χ0v) is 13.6. The van der Waals surface area contributed by atoms with Crippen LogP contribution in [0.5, 0.6) is 0 Å². The summed E-state index contributed by atoms with van der Waals surface area (Å²) in [6.45, 7) is 2.92. The van der Waals surface area contributed by atoms with Crippen LogP contribution in [0.25, 0.3) is 0 Å². The third-order valence-corrected chi connectivity index (χ3v) is 5.30. The fourth-order valence-corrected chi connectivity index (χ4v) is 3.80. The maximum absolute atomic E-state index is 12.2. The van der Waals surface area contributed by atoms with Gasteiger partial charge in [-0.15, -0.1) is 0 Å². The Bertz CT molecular complexity index is 503. The molecule has 3 N–H and O–H groups in total. The highest BCUT2D eigenvalue weighted by Gasteiger charge is 2.17. The maximum Gasteiger partial charge on any atom is 0.241 e. The van der Waals surface area contributed by atoms with E-state index in [1.807, 2.05) is 6.07 Å². The average Bonchev–Trinajstić information content (AvgIpc) is 2.39. The van der Waals surface area contributed by atoms with Crippen molar-refractivity contribution in [2.75, 3.05) is 6.54 Å². The molecule has 4 nitrogen and oxygen atoms in total. The first-order valence-corrected chi connectivity index (χ1v) is 8.77. The van der Waals surface area contributed by atoms with E-state index >= 15 is 0 Å². The van der Waals surface area contributed by atoms with Gasteiger partial charge in [0, 0.05) is 17.6 Å². The van der Waals surface area contributed by atoms with Gasteiger partial charge in [0.15, 0.2) is 0 Å². The van der Waals surface area contributed by atoms with Crippen LogP contribution >= 0.6 is 15.9 Å². The maximum atomic E-state index is 12.2. The minimum atomic E-state index is -3.46. The van der Waals surface area contributed by atoms with E-state index in [1.54, 1.807) is 12.1 Å². The Labute approximate surface area is 124 Å². The molecule has 0 bridgehead atoms. The van der Waals surface area contributed by atoms with E-state index in [4.69, 9.17) is 5.73 Å². The lowest BCUT2D eigenvalue weighted by Gasteiger charge is -2.09. The summed E-state index contributed by atoms with van der Waals surface area (Å²) in [5.41, 5.74) is 6.34. The molecule has 0 amide bonds. The Hall–Kier alpha value is -0.430. The van der Waals surface area contributed by atoms with Crippen molar-refractivity contribution in [3.8, 4) is 0 Å². The molecule has 1 aromatic carbocycles. The van der Waals surface area contributed by atoms with Gasteiger partial charge in [-0.1, -0.05) is 32.3 Å². The van der Waals surface area contributed by atoms with Crippen molar-refractivity contribution in [1.82, 2.24) is 4.72 Å². The van der Waals surface area contributed by atoms with Crippen LogP contribution in [0.1, 0.15) is 38.2 Å². The normalized spacial score (nSPS) is 11.7. The summed E-state index contributed by atoms with van der Waals surface area (Å²) in [5.74, 6) is 0. The quantitative estimate of drug-likeness (QED) is 0.709. The van der Waals surface area contributed by atoms with E-state index in [0.29, 0.717) is 17.6 Å². The van der Waals surface area contributed by atoms with Crippen molar-refractivity contribution in [3.63, 3.8) is 0 Å². The third kappa shape index (κ3) is 5.22. The number of benzene rings is 1. The van der Waals surface area contributed by atoms with E-state index in [9.17, 15) is 8.42 Å². The van der Waals surface area contributed by atoms with Crippen LogP contribution in [0.2, 0.25) is 0 Å². The number of nitrogens with two attached hydrogens (primary N) is 1. The van der Waals surface area contributed by atoms with Gasteiger partial charge in [-0.05, 0) is 40.0 Å². The molecule has 19 heavy (non-hydrogen) atoms. The van der Waals surface area contributed by atoms with Gasteiger partial charge in [0.1, 0.15) is 0 Å². The molecular formula is C13H21BrN2O2S. The van der Waals surface area contributed by atoms with E-state index in [-0.39, 0.29) is 4.90 Å². The Morgan fingerprint density at radius 1 is 1.26 bits per heavy atom. The standard InChI is InChI=1S/C13H21BrN2O2S/c1-2-3-4-5-8-16-19(17,18)13-9-11(10-15)6-7-12(13)14/h6-7,9,16H,2-5,8,10,15H2,1H3. The number of halogens is 1. The minimum absolute atomic E-state index is 0.256. The van der Waals surface area contributed by atoms with Crippen molar-refractivity contribution in [2.45, 2.75) is 44.0 Å². The van der Waals surface area contributed by atoms with Crippen LogP contribution in [-0.4, -0.2) is 15.0 Å². The second kappa shape index (κ2) is 7.99. The number of hydrogen-bond acceptors (Lipinski definition) is 3. The number of hydrogen-bond donors (Lipinski definition) is 2. The number of rotatable bonds is 8. The van der Waals surface area contributed by atoms with E-state index in [1.165, 1.54) is 0 Å². The third-order valence-electron chi connectivity index (χ3n) is 2.84. The summed E-state index contributed by atoms with van der Waals surface area (Å²) < 4.78 is 27.5. The smallest absolute Gasteiger partial charge is 0.241 e. The van der Waals surface area contributed by atoms with Crippen molar-refractivity contribution in [1.29, 1.82) is 0 Å². The van der Waals surface area contributed by atoms with E-state index in [0.717, 1.165) is 31.2 Å². The molecule has 0 aliphatic carbocycles. The van der Waals surface area contributed by atoms with Gasteiger partial charge in [0.2, 0.25) is 10.0 Å². The summed E-state index contributed by atoms with van der Waals surface area (Å²) in [6.07, 6.45) is 4.18. The number of unbranched alkanes of at least 4 members (excludes halogenated alkanes) is 3. The molecule has 0 spiro atoms. The molecule has 0 atom stereocenters. The monoisotopic (exact) mass is 348 g/mol. The molecule has 1 rings (SSSR count). The van der Waals surface area contributed by atoms with Crippen LogP contribution in [-0.2, 0) is 16.6 Å². The fraction of sp³-hybridized carbons (Fsp3) is 0.538. The molecule has 108 valence electrons. The van der Waals surface area contributed by atoms with Gasteiger partial charge in [0.05, 0.1) is 4.90 Å². The summed E-state index contributed by atoms with van der Waals surface area (Å²) in [5, 5.41) is 0. The molecule has 0 aliphatic heterocycles. The van der Waals surface area contributed by atoms with Gasteiger partial charge in [0.25, 0.3) is 0 Å². The van der Waals surface area contributed by atoms with Crippen LogP contribution < -0.4 is 10.5 Å². The Morgan fingerprint density at radius 2 is 2.00 bits per heavy atom. The molecule has 0 heterocycles. The summed E-state index contributed by atoms with van der Waals surface area (Å²) in [4.78, 5) is 0.256. The highest BCUT2D eigenvalue weighted by molar-refractivity contribution is 9.10. The molecule has 0 fully saturated rings. The first-order valence-electron chi connectivity index (χ1n) is 6.49. The van der Waals surface area contributed by atoms with Crippen molar-refractivity contribution >= 4 is 26.0 Å². The van der Waals surface area contributed by atoms with Gasteiger partial charge in [-0.2, -0.15) is 0 Å². The summed E-state index contributed by atoms with van der Waals surface area (Å²) in [7, 11) is -3.46. The van der Waals surface area contributed by atoms with Crippen LogP contribution in [0.4, 0.5) is 0 Å². The first kappa shape index (κ1) is 16.6. The molecule has 0 saturated heterocycles. The average molecular weight is 349 g/mol. The lowest BCUT2D eigenvalue weighted by molar-refractivity contribution is 0.573. The number of nitrogens with one attached hydrogen (secondary N) is 1. The van der Waals surface area contributed by atoms with Crippen molar-refractivity contribution in [3.05, 3.63) is 28.2 Å². The molecule has 6 heteroatoms. The zero-order valence-electron chi connectivity index (χ0n) is 11.2. The molecule has 0 aromatic heterocycles. The second-order valence-corrected chi connectivity index (χ2v) is 7.02. The Balaban J connectivity index is 2.71. The van der Waals surface area contributed by atoms with Gasteiger partial charge < -0.3 is 5.73 Å². The largest absolute Gasteiger partial charge is 0.326 e. The topological polar surface area (TPSA) is 72.2 Å². The lowest BCUT2D eigenvalue weighted by Crippen LogP contribution is -2.25. The second-order valence-electron chi connectivity index (χ2n) is 4.43. The Kier molecular flexibility index (Phi) is 6.99. The highest BCUT2D eigenvalue weighted by atomic mass is 79.9. The molecule has 0 radical (unpaired) electrons. The summed E-state index contributed by atoms with van der Waals surface area (Å²) >= 11 is 3.27. The SMILES string of the molecule is CCCCCCNS(=O)(=O)c1cc(CN)ccc1Br. The summed E-state index contributed by atoms with van der Waals surface area (Å²) in [6, 6.07) is 5.14. The highest BCUT2D eigenvalue weighted by Crippen LogP contribution is 2.23. The van der Waals surface area contributed by atoms with Gasteiger partial charge in [-0.25, -0.2) is 13.1 Å². The van der Waals surface area contributed by atoms with Crippen molar-refractivity contribution in [2.24, 2.45) is 5.73 Å². The first-order chi connectivity index (χ1) is 9.01. The lowest BCUT2D eigenvalue weighted by atomic mass is 10.2. The van der Waals surface area contributed by atoms with E-state index in [2.05, 4.69) is 27.6 Å². The molecule has 0 unspecified atom stereocenters. The Morgan fingerprint density at radius 3 is 2.63 bits per heavy atom. The van der Waals surface area contributed by atoms with Crippen LogP contribution in [0, 0.1) is 0 Å². The van der Waals surface area contributed by atoms with Gasteiger partial charge in [-0.3, -0.25) is 0 Å². The van der Waals surface area contributed by atoms with Gasteiger partial charge >= 0.3 is 0 Å². The number of sulfonamides is 1. The minimum Gasteiger partial charge on any atom is -0.326 e. The fourth-order valence-electron chi connectivity index (χ4n) is 1.72. The molecule has 0 saturated carbocycles. The van der Waals surface area contributed by atoms with Crippen LogP contribution in [0.3, 0.4) is 0 Å².